The van der Waals surface area contributed by atoms with Gasteiger partial charge in [0.15, 0.2) is 0 Å². The molecule has 0 radical (unpaired) electrons. The zero-order chi connectivity index (χ0) is 12.0. The van der Waals surface area contributed by atoms with E-state index < -0.39 is 0 Å². The summed E-state index contributed by atoms with van der Waals surface area (Å²) in [6.07, 6.45) is 0.715. The van der Waals surface area contributed by atoms with Gasteiger partial charge in [-0.15, -0.1) is 0 Å². The molecule has 84 valence electrons. The summed E-state index contributed by atoms with van der Waals surface area (Å²) in [7, 11) is 0. The largest absolute Gasteiger partial charge is 0.508 e. The number of nitriles is 1. The second-order valence-corrected chi connectivity index (χ2v) is 3.49. The molecule has 0 saturated carbocycles. The molecule has 1 aromatic carbocycles. The second-order valence-electron chi connectivity index (χ2n) is 3.49. The van der Waals surface area contributed by atoms with E-state index in [4.69, 9.17) is 10.4 Å². The molecular weight excluding hydrogens is 204 g/mol. The molecule has 16 heavy (non-hydrogen) atoms. The van der Waals surface area contributed by atoms with E-state index in [1.165, 1.54) is 24.3 Å². The Bertz CT molecular complexity index is 392. The Hall–Kier alpha value is -2.02. The molecule has 4 heteroatoms. The summed E-state index contributed by atoms with van der Waals surface area (Å²) in [5.74, 6) is -0.255. The van der Waals surface area contributed by atoms with Crippen molar-refractivity contribution in [2.75, 3.05) is 6.54 Å². The monoisotopic (exact) mass is 218 g/mol. The SMILES string of the molecule is CCC(C#N)CNC(=O)c1ccc(O)cc1. The normalized spacial score (nSPS) is 11.5. The van der Waals surface area contributed by atoms with Crippen molar-refractivity contribution in [1.82, 2.24) is 5.32 Å². The molecule has 0 heterocycles. The summed E-state index contributed by atoms with van der Waals surface area (Å²) in [6.45, 7) is 2.26. The first-order valence-corrected chi connectivity index (χ1v) is 5.14. The summed E-state index contributed by atoms with van der Waals surface area (Å²) in [6, 6.07) is 8.10. The third-order valence-corrected chi connectivity index (χ3v) is 2.31. The van der Waals surface area contributed by atoms with Crippen molar-refractivity contribution in [1.29, 1.82) is 5.26 Å². The number of hydrogen-bond donors (Lipinski definition) is 2. The van der Waals surface area contributed by atoms with E-state index in [-0.39, 0.29) is 17.6 Å². The highest BCUT2D eigenvalue weighted by Crippen LogP contribution is 2.09. The molecule has 0 bridgehead atoms. The fourth-order valence-corrected chi connectivity index (χ4v) is 1.21. The van der Waals surface area contributed by atoms with Crippen molar-refractivity contribution in [2.24, 2.45) is 5.92 Å². The summed E-state index contributed by atoms with van der Waals surface area (Å²) in [5.41, 5.74) is 0.477. The molecule has 0 saturated heterocycles. The molecule has 1 atom stereocenters. The van der Waals surface area contributed by atoms with Crippen molar-refractivity contribution in [3.05, 3.63) is 29.8 Å². The minimum absolute atomic E-state index is 0.125. The number of carbonyl (C=O) groups excluding carboxylic acids is 1. The number of carbonyl (C=O) groups is 1. The molecule has 2 N–H and O–H groups in total. The van der Waals surface area contributed by atoms with Gasteiger partial charge in [0.05, 0.1) is 12.0 Å². The molecule has 1 rings (SSSR count). The van der Waals surface area contributed by atoms with Gasteiger partial charge in [0, 0.05) is 12.1 Å². The average molecular weight is 218 g/mol. The van der Waals surface area contributed by atoms with E-state index in [0.717, 1.165) is 0 Å². The van der Waals surface area contributed by atoms with Crippen molar-refractivity contribution >= 4 is 5.91 Å². The predicted molar refractivity (Wildman–Crippen MR) is 59.8 cm³/mol. The zero-order valence-corrected chi connectivity index (χ0v) is 9.10. The van der Waals surface area contributed by atoms with Crippen molar-refractivity contribution in [3.8, 4) is 11.8 Å². The number of nitrogens with zero attached hydrogens (tertiary/aromatic N) is 1. The minimum atomic E-state index is -0.228. The molecule has 0 fully saturated rings. The second kappa shape index (κ2) is 5.76. The van der Waals surface area contributed by atoms with Gasteiger partial charge in [-0.2, -0.15) is 5.26 Å². The molecule has 0 aliphatic rings. The van der Waals surface area contributed by atoms with Crippen LogP contribution in [-0.4, -0.2) is 17.6 Å². The highest BCUT2D eigenvalue weighted by atomic mass is 16.3. The van der Waals surface area contributed by atoms with E-state index in [1.54, 1.807) is 0 Å². The molecule has 1 aromatic rings. The number of phenols is 1. The Labute approximate surface area is 94.5 Å². The smallest absolute Gasteiger partial charge is 0.251 e. The number of hydrogen-bond acceptors (Lipinski definition) is 3. The predicted octanol–water partition coefficient (Wildman–Crippen LogP) is 1.67. The Balaban J connectivity index is 2.53. The van der Waals surface area contributed by atoms with Crippen LogP contribution < -0.4 is 5.32 Å². The molecule has 0 aromatic heterocycles. The minimum Gasteiger partial charge on any atom is -0.508 e. The topological polar surface area (TPSA) is 73.1 Å². The highest BCUT2D eigenvalue weighted by Gasteiger charge is 2.08. The lowest BCUT2D eigenvalue weighted by molar-refractivity contribution is 0.0950. The first kappa shape index (κ1) is 12.1. The summed E-state index contributed by atoms with van der Waals surface area (Å²) in [4.78, 5) is 11.6. The molecule has 0 aliphatic heterocycles. The van der Waals surface area contributed by atoms with Gasteiger partial charge in [-0.1, -0.05) is 6.92 Å². The van der Waals surface area contributed by atoms with E-state index in [0.29, 0.717) is 18.5 Å². The van der Waals surface area contributed by atoms with Gasteiger partial charge in [-0.3, -0.25) is 4.79 Å². The first-order chi connectivity index (χ1) is 7.67. The standard InChI is InChI=1S/C12H14N2O2/c1-2-9(7-13)8-14-12(16)10-3-5-11(15)6-4-10/h3-6,9,15H,2,8H2,1H3,(H,14,16). The fraction of sp³-hybridized carbons (Fsp3) is 0.333. The molecular formula is C12H14N2O2. The van der Waals surface area contributed by atoms with Crippen molar-refractivity contribution in [2.45, 2.75) is 13.3 Å². The van der Waals surface area contributed by atoms with E-state index in [1.807, 2.05) is 6.92 Å². The number of benzene rings is 1. The lowest BCUT2D eigenvalue weighted by Gasteiger charge is -2.08. The summed E-state index contributed by atoms with van der Waals surface area (Å²) >= 11 is 0. The van der Waals surface area contributed by atoms with E-state index in [9.17, 15) is 4.79 Å². The molecule has 0 spiro atoms. The van der Waals surface area contributed by atoms with Crippen LogP contribution in [0.5, 0.6) is 5.75 Å². The van der Waals surface area contributed by atoms with Gasteiger partial charge in [0.1, 0.15) is 5.75 Å². The van der Waals surface area contributed by atoms with Crippen molar-refractivity contribution < 1.29 is 9.90 Å². The van der Waals surface area contributed by atoms with Crippen molar-refractivity contribution in [3.63, 3.8) is 0 Å². The number of rotatable bonds is 4. The molecule has 0 aliphatic carbocycles. The van der Waals surface area contributed by atoms with Gasteiger partial charge >= 0.3 is 0 Å². The van der Waals surface area contributed by atoms with Crippen LogP contribution in [0.4, 0.5) is 0 Å². The van der Waals surface area contributed by atoms with Crippen LogP contribution in [0.3, 0.4) is 0 Å². The summed E-state index contributed by atoms with van der Waals surface area (Å²) < 4.78 is 0. The van der Waals surface area contributed by atoms with E-state index in [2.05, 4.69) is 11.4 Å². The fourth-order valence-electron chi connectivity index (χ4n) is 1.21. The van der Waals surface area contributed by atoms with Crippen LogP contribution >= 0.6 is 0 Å². The van der Waals surface area contributed by atoms with Gasteiger partial charge in [0.25, 0.3) is 5.91 Å². The van der Waals surface area contributed by atoms with Crippen LogP contribution in [0, 0.1) is 17.2 Å². The molecule has 1 unspecified atom stereocenters. The van der Waals surface area contributed by atoms with Crippen LogP contribution in [0.2, 0.25) is 0 Å². The molecule has 4 nitrogen and oxygen atoms in total. The lowest BCUT2D eigenvalue weighted by Crippen LogP contribution is -2.28. The van der Waals surface area contributed by atoms with Gasteiger partial charge in [0.2, 0.25) is 0 Å². The quantitative estimate of drug-likeness (QED) is 0.807. The van der Waals surface area contributed by atoms with Gasteiger partial charge < -0.3 is 10.4 Å². The van der Waals surface area contributed by atoms with Crippen LogP contribution in [0.25, 0.3) is 0 Å². The third-order valence-electron chi connectivity index (χ3n) is 2.31. The zero-order valence-electron chi connectivity index (χ0n) is 9.10. The van der Waals surface area contributed by atoms with Gasteiger partial charge in [-0.25, -0.2) is 0 Å². The number of amides is 1. The number of nitrogens with one attached hydrogen (secondary N) is 1. The van der Waals surface area contributed by atoms with Crippen LogP contribution in [0.1, 0.15) is 23.7 Å². The maximum Gasteiger partial charge on any atom is 0.251 e. The Morgan fingerprint density at radius 2 is 2.12 bits per heavy atom. The Kier molecular flexibility index (Phi) is 4.34. The Morgan fingerprint density at radius 3 is 2.62 bits per heavy atom. The van der Waals surface area contributed by atoms with E-state index >= 15 is 0 Å². The summed E-state index contributed by atoms with van der Waals surface area (Å²) in [5, 5.41) is 20.4. The Morgan fingerprint density at radius 1 is 1.50 bits per heavy atom. The van der Waals surface area contributed by atoms with Crippen LogP contribution in [-0.2, 0) is 0 Å². The lowest BCUT2D eigenvalue weighted by atomic mass is 10.1. The van der Waals surface area contributed by atoms with Crippen LogP contribution in [0.15, 0.2) is 24.3 Å². The van der Waals surface area contributed by atoms with Gasteiger partial charge in [-0.05, 0) is 30.7 Å². The number of aromatic hydroxyl groups is 1. The number of phenolic OH excluding ortho intramolecular Hbond substituents is 1. The third kappa shape index (κ3) is 3.28. The molecule has 1 amide bonds. The maximum atomic E-state index is 11.6. The first-order valence-electron chi connectivity index (χ1n) is 5.14. The average Bonchev–Trinajstić information content (AvgIpc) is 2.31. The highest BCUT2D eigenvalue weighted by molar-refractivity contribution is 5.94. The maximum absolute atomic E-state index is 11.6.